The van der Waals surface area contributed by atoms with E-state index in [4.69, 9.17) is 5.10 Å². The molecule has 1 saturated carbocycles. The molecular weight excluding hydrogens is 442 g/mol. The second kappa shape index (κ2) is 9.66. The number of rotatable bonds is 6. The summed E-state index contributed by atoms with van der Waals surface area (Å²) in [4.78, 5) is 25.8. The summed E-state index contributed by atoms with van der Waals surface area (Å²) >= 11 is 0. The molecule has 0 spiro atoms. The first-order valence-electron chi connectivity index (χ1n) is 12.5. The molecule has 3 atom stereocenters. The summed E-state index contributed by atoms with van der Waals surface area (Å²) in [6.45, 7) is 7.30. The largest absolute Gasteiger partial charge is 0.350 e. The summed E-state index contributed by atoms with van der Waals surface area (Å²) < 4.78 is 2.01. The summed E-state index contributed by atoms with van der Waals surface area (Å²) in [6.07, 6.45) is 15.8. The first-order chi connectivity index (χ1) is 17.0. The van der Waals surface area contributed by atoms with Crippen molar-refractivity contribution in [2.24, 2.45) is 15.9 Å². The Morgan fingerprint density at radius 1 is 1.37 bits per heavy atom. The van der Waals surface area contributed by atoms with E-state index in [1.165, 1.54) is 0 Å². The number of hydrogen-bond donors (Lipinski definition) is 2. The zero-order chi connectivity index (χ0) is 24.4. The van der Waals surface area contributed by atoms with Gasteiger partial charge < -0.3 is 15.5 Å². The lowest BCUT2D eigenvalue weighted by Crippen LogP contribution is -2.61. The van der Waals surface area contributed by atoms with E-state index in [1.54, 1.807) is 12.4 Å². The van der Waals surface area contributed by atoms with Crippen molar-refractivity contribution in [3.8, 4) is 6.07 Å². The molecule has 5 rings (SSSR count). The molecular formula is C25H33N9O. The van der Waals surface area contributed by atoms with Crippen LogP contribution in [0.15, 0.2) is 46.8 Å². The highest BCUT2D eigenvalue weighted by Gasteiger charge is 2.48. The molecule has 0 aromatic carbocycles. The Bertz CT molecular complexity index is 1100. The second-order valence-electron chi connectivity index (χ2n) is 9.88. The molecule has 1 aliphatic carbocycles. The summed E-state index contributed by atoms with van der Waals surface area (Å²) in [5, 5.41) is 20.2. The van der Waals surface area contributed by atoms with Crippen molar-refractivity contribution in [1.82, 2.24) is 30.2 Å². The van der Waals surface area contributed by atoms with E-state index in [2.05, 4.69) is 50.8 Å². The van der Waals surface area contributed by atoms with Gasteiger partial charge in [-0.3, -0.25) is 14.6 Å². The first kappa shape index (κ1) is 23.3. The fourth-order valence-electron chi connectivity index (χ4n) is 5.39. The Hall–Kier alpha value is -3.45. The zero-order valence-corrected chi connectivity index (χ0v) is 20.3. The van der Waals surface area contributed by atoms with Gasteiger partial charge in [-0.05, 0) is 38.5 Å². The number of hydrogen-bond acceptors (Lipinski definition) is 7. The SMILES string of the molecule is CC[C@@H](C)NC(=O)N1CCN(C2CC(/C=C/C#N)(n3cc(C4N=CN=C5NC=CC54)cn3)C2)CC1. The molecule has 1 aromatic rings. The number of nitrogens with zero attached hydrogens (tertiary/aromatic N) is 7. The maximum Gasteiger partial charge on any atom is 0.317 e. The van der Waals surface area contributed by atoms with E-state index in [-0.39, 0.29) is 29.6 Å². The van der Waals surface area contributed by atoms with Crippen LogP contribution in [0.1, 0.15) is 44.7 Å². The van der Waals surface area contributed by atoms with Gasteiger partial charge in [0.15, 0.2) is 0 Å². The van der Waals surface area contributed by atoms with Gasteiger partial charge in [0.25, 0.3) is 0 Å². The Kier molecular flexibility index (Phi) is 6.43. The predicted octanol–water partition coefficient (Wildman–Crippen LogP) is 2.16. The maximum absolute atomic E-state index is 12.5. The van der Waals surface area contributed by atoms with Gasteiger partial charge in [-0.2, -0.15) is 10.4 Å². The number of amidine groups is 1. The smallest absolute Gasteiger partial charge is 0.317 e. The van der Waals surface area contributed by atoms with Crippen LogP contribution in [-0.2, 0) is 5.54 Å². The van der Waals surface area contributed by atoms with E-state index in [0.717, 1.165) is 56.8 Å². The molecule has 10 heteroatoms. The van der Waals surface area contributed by atoms with Gasteiger partial charge in [0.05, 0.1) is 29.8 Å². The third-order valence-electron chi connectivity index (χ3n) is 7.76. The van der Waals surface area contributed by atoms with Crippen molar-refractivity contribution in [1.29, 1.82) is 5.26 Å². The minimum Gasteiger partial charge on any atom is -0.350 e. The number of fused-ring (bicyclic) bond motifs is 1. The summed E-state index contributed by atoms with van der Waals surface area (Å²) in [7, 11) is 0. The monoisotopic (exact) mass is 475 g/mol. The normalized spacial score (nSPS) is 30.8. The minimum absolute atomic E-state index is 0.0360. The van der Waals surface area contributed by atoms with Crippen molar-refractivity contribution >= 4 is 18.2 Å². The van der Waals surface area contributed by atoms with E-state index >= 15 is 0 Å². The number of piperazine rings is 1. The first-order valence-corrected chi connectivity index (χ1v) is 12.5. The summed E-state index contributed by atoms with van der Waals surface area (Å²) in [5.41, 5.74) is 0.726. The molecule has 10 nitrogen and oxygen atoms in total. The van der Waals surface area contributed by atoms with Crippen LogP contribution in [0.3, 0.4) is 0 Å². The topological polar surface area (TPSA) is 114 Å². The highest BCUT2D eigenvalue weighted by atomic mass is 16.2. The number of carbonyl (C=O) groups is 1. The van der Waals surface area contributed by atoms with Crippen molar-refractivity contribution in [2.45, 2.75) is 56.8 Å². The number of carbonyl (C=O) groups excluding carboxylic acids is 1. The zero-order valence-electron chi connectivity index (χ0n) is 20.3. The third-order valence-corrected chi connectivity index (χ3v) is 7.76. The maximum atomic E-state index is 12.5. The van der Waals surface area contributed by atoms with Crippen molar-refractivity contribution in [3.63, 3.8) is 0 Å². The highest BCUT2D eigenvalue weighted by molar-refractivity contribution is 5.96. The van der Waals surface area contributed by atoms with Gasteiger partial charge in [0.1, 0.15) is 12.2 Å². The number of aliphatic imine (C=N–C) groups is 2. The molecule has 4 heterocycles. The molecule has 35 heavy (non-hydrogen) atoms. The number of allylic oxidation sites excluding steroid dienone is 2. The van der Waals surface area contributed by atoms with Gasteiger partial charge in [0, 0.05) is 56.1 Å². The Morgan fingerprint density at radius 2 is 2.17 bits per heavy atom. The number of urea groups is 1. The summed E-state index contributed by atoms with van der Waals surface area (Å²) in [6, 6.07) is 2.73. The van der Waals surface area contributed by atoms with E-state index in [1.807, 2.05) is 35.0 Å². The number of amides is 2. The molecule has 0 radical (unpaired) electrons. The number of nitriles is 1. The van der Waals surface area contributed by atoms with Crippen LogP contribution in [0.5, 0.6) is 0 Å². The molecule has 3 aliphatic heterocycles. The second-order valence-corrected chi connectivity index (χ2v) is 9.88. The van der Waals surface area contributed by atoms with E-state index < -0.39 is 0 Å². The van der Waals surface area contributed by atoms with Gasteiger partial charge in [-0.15, -0.1) is 0 Å². The number of aromatic nitrogens is 2. The average Bonchev–Trinajstić information content (AvgIpc) is 3.54. The average molecular weight is 476 g/mol. The lowest BCUT2D eigenvalue weighted by Gasteiger charge is -2.52. The van der Waals surface area contributed by atoms with Gasteiger partial charge in [-0.1, -0.05) is 13.0 Å². The van der Waals surface area contributed by atoms with Gasteiger partial charge in [-0.25, -0.2) is 9.79 Å². The molecule has 2 N–H and O–H groups in total. The lowest BCUT2D eigenvalue weighted by molar-refractivity contribution is 0.00956. The predicted molar refractivity (Wildman–Crippen MR) is 134 cm³/mol. The van der Waals surface area contributed by atoms with Crippen LogP contribution in [0, 0.1) is 17.2 Å². The van der Waals surface area contributed by atoms with Crippen LogP contribution in [0.2, 0.25) is 0 Å². The van der Waals surface area contributed by atoms with Gasteiger partial charge in [0.2, 0.25) is 0 Å². The Balaban J connectivity index is 1.23. The van der Waals surface area contributed by atoms with Crippen molar-refractivity contribution < 1.29 is 4.79 Å². The summed E-state index contributed by atoms with van der Waals surface area (Å²) in [5.74, 6) is 1.02. The van der Waals surface area contributed by atoms with Crippen molar-refractivity contribution in [3.05, 3.63) is 42.4 Å². The fraction of sp³-hybridized carbons (Fsp3) is 0.560. The third kappa shape index (κ3) is 4.48. The standard InChI is InChI=1S/C25H33N9O/c1-3-18(2)31-24(35)33-11-9-32(10-12-33)20-13-25(14-20,6-4-7-26)34-16-19(15-30-34)22-21-5-8-27-23(21)29-17-28-22/h4-6,8,15-18,20-22H,3,9-14H2,1-2H3,(H,31,35)(H,27,28,29)/b6-4+/t18-,20?,21?,22?,25?/m1/s1. The molecule has 2 fully saturated rings. The molecule has 184 valence electrons. The van der Waals surface area contributed by atoms with Crippen molar-refractivity contribution in [2.75, 3.05) is 26.2 Å². The van der Waals surface area contributed by atoms with Gasteiger partial charge >= 0.3 is 6.03 Å². The quantitative estimate of drug-likeness (QED) is 0.612. The minimum atomic E-state index is -0.317. The van der Waals surface area contributed by atoms with Crippen LogP contribution < -0.4 is 10.6 Å². The highest BCUT2D eigenvalue weighted by Crippen LogP contribution is 2.44. The van der Waals surface area contributed by atoms with E-state index in [9.17, 15) is 10.1 Å². The fourth-order valence-corrected chi connectivity index (χ4v) is 5.39. The molecule has 4 aliphatic rings. The number of nitrogens with one attached hydrogen (secondary N) is 2. The van der Waals surface area contributed by atoms with Crippen LogP contribution in [0.25, 0.3) is 0 Å². The van der Waals surface area contributed by atoms with Crippen LogP contribution in [0.4, 0.5) is 4.79 Å². The van der Waals surface area contributed by atoms with Crippen LogP contribution in [-0.4, -0.2) is 76.0 Å². The van der Waals surface area contributed by atoms with E-state index in [0.29, 0.717) is 6.04 Å². The molecule has 1 saturated heterocycles. The molecule has 1 aromatic heterocycles. The Labute approximate surface area is 206 Å². The Morgan fingerprint density at radius 3 is 2.91 bits per heavy atom. The lowest BCUT2D eigenvalue weighted by atomic mass is 9.71. The van der Waals surface area contributed by atoms with Crippen LogP contribution >= 0.6 is 0 Å². The molecule has 2 amide bonds. The molecule has 2 unspecified atom stereocenters. The molecule has 0 bridgehead atoms.